The molecule has 0 aliphatic carbocycles. The zero-order valence-corrected chi connectivity index (χ0v) is 10.3. The summed E-state index contributed by atoms with van der Waals surface area (Å²) < 4.78 is 10.2. The Morgan fingerprint density at radius 1 is 1.06 bits per heavy atom. The molecular weight excluding hydrogens is 220 g/mol. The largest absolute Gasteiger partial charge is 0.493 e. The highest BCUT2D eigenvalue weighted by Gasteiger charge is 2.11. The van der Waals surface area contributed by atoms with Gasteiger partial charge in [-0.1, -0.05) is 0 Å². The highest BCUT2D eigenvalue weighted by molar-refractivity contribution is 5.98. The van der Waals surface area contributed by atoms with Crippen LogP contribution in [0, 0.1) is 0 Å². The van der Waals surface area contributed by atoms with Crippen LogP contribution in [0.3, 0.4) is 0 Å². The van der Waals surface area contributed by atoms with Crippen LogP contribution in [0.25, 0.3) is 0 Å². The van der Waals surface area contributed by atoms with E-state index < -0.39 is 0 Å². The Morgan fingerprint density at radius 2 is 1.71 bits per heavy atom. The molecule has 0 aliphatic heterocycles. The number of carbonyl (C=O) groups excluding carboxylic acids is 2. The Bertz CT molecular complexity index is 423. The molecule has 0 aromatic heterocycles. The van der Waals surface area contributed by atoms with Crippen LogP contribution in [0.4, 0.5) is 0 Å². The number of rotatable bonds is 6. The number of carbonyl (C=O) groups is 2. The fourth-order valence-corrected chi connectivity index (χ4v) is 1.44. The topological polar surface area (TPSA) is 52.6 Å². The number of hydrogen-bond acceptors (Lipinski definition) is 4. The fraction of sp³-hybridized carbons (Fsp3) is 0.385. The normalized spacial score (nSPS) is 9.82. The van der Waals surface area contributed by atoms with Gasteiger partial charge in [-0.15, -0.1) is 0 Å². The molecule has 0 bridgehead atoms. The average Bonchev–Trinajstić information content (AvgIpc) is 2.34. The summed E-state index contributed by atoms with van der Waals surface area (Å²) in [6, 6.07) is 4.98. The molecule has 0 fully saturated rings. The monoisotopic (exact) mass is 236 g/mol. The van der Waals surface area contributed by atoms with Crippen molar-refractivity contribution in [2.75, 3.05) is 14.2 Å². The lowest BCUT2D eigenvalue weighted by Gasteiger charge is -2.08. The molecule has 0 saturated heterocycles. The van der Waals surface area contributed by atoms with Gasteiger partial charge in [0, 0.05) is 18.4 Å². The summed E-state index contributed by atoms with van der Waals surface area (Å²) in [7, 11) is 3.05. The minimum absolute atomic E-state index is 0.0128. The van der Waals surface area contributed by atoms with E-state index in [0.29, 0.717) is 17.1 Å². The van der Waals surface area contributed by atoms with E-state index in [0.717, 1.165) is 0 Å². The standard InChI is InChI=1S/C13H16O4/c1-9(14)4-6-11(15)10-5-7-12(16-2)13(8-10)17-3/h5,7-8H,4,6H2,1-3H3. The molecule has 0 aliphatic rings. The van der Waals surface area contributed by atoms with Crippen LogP contribution in [-0.4, -0.2) is 25.8 Å². The molecule has 4 heteroatoms. The van der Waals surface area contributed by atoms with Crippen LogP contribution in [0.1, 0.15) is 30.1 Å². The molecule has 92 valence electrons. The molecule has 0 radical (unpaired) electrons. The summed E-state index contributed by atoms with van der Waals surface area (Å²) in [5, 5.41) is 0. The lowest BCUT2D eigenvalue weighted by atomic mass is 10.0. The van der Waals surface area contributed by atoms with Crippen LogP contribution in [0.15, 0.2) is 18.2 Å². The quantitative estimate of drug-likeness (QED) is 0.711. The van der Waals surface area contributed by atoms with Crippen molar-refractivity contribution in [3.8, 4) is 11.5 Å². The van der Waals surface area contributed by atoms with Crippen LogP contribution in [-0.2, 0) is 4.79 Å². The van der Waals surface area contributed by atoms with E-state index in [1.807, 2.05) is 0 Å². The molecule has 0 spiro atoms. The van der Waals surface area contributed by atoms with E-state index in [-0.39, 0.29) is 24.4 Å². The van der Waals surface area contributed by atoms with Gasteiger partial charge in [0.2, 0.25) is 0 Å². The predicted octanol–water partition coefficient (Wildman–Crippen LogP) is 2.26. The van der Waals surface area contributed by atoms with Crippen molar-refractivity contribution in [1.82, 2.24) is 0 Å². The number of ketones is 2. The van der Waals surface area contributed by atoms with Gasteiger partial charge in [-0.2, -0.15) is 0 Å². The Kier molecular flexibility index (Phi) is 4.69. The van der Waals surface area contributed by atoms with Crippen molar-refractivity contribution in [2.45, 2.75) is 19.8 Å². The van der Waals surface area contributed by atoms with Crippen LogP contribution >= 0.6 is 0 Å². The maximum absolute atomic E-state index is 11.8. The van der Waals surface area contributed by atoms with Gasteiger partial charge >= 0.3 is 0 Å². The molecule has 17 heavy (non-hydrogen) atoms. The highest BCUT2D eigenvalue weighted by atomic mass is 16.5. The van der Waals surface area contributed by atoms with Crippen molar-refractivity contribution in [2.24, 2.45) is 0 Å². The average molecular weight is 236 g/mol. The zero-order chi connectivity index (χ0) is 12.8. The fourth-order valence-electron chi connectivity index (χ4n) is 1.44. The van der Waals surface area contributed by atoms with E-state index in [9.17, 15) is 9.59 Å². The molecule has 0 atom stereocenters. The van der Waals surface area contributed by atoms with Crippen molar-refractivity contribution in [3.63, 3.8) is 0 Å². The predicted molar refractivity (Wildman–Crippen MR) is 63.8 cm³/mol. The Morgan fingerprint density at radius 3 is 2.24 bits per heavy atom. The summed E-state index contributed by atoms with van der Waals surface area (Å²) in [5.74, 6) is 1.04. The number of benzene rings is 1. The first-order chi connectivity index (χ1) is 8.08. The lowest BCUT2D eigenvalue weighted by Crippen LogP contribution is -2.03. The first kappa shape index (κ1) is 13.2. The number of hydrogen-bond donors (Lipinski definition) is 0. The summed E-state index contributed by atoms with van der Waals surface area (Å²) in [5.41, 5.74) is 0.531. The van der Waals surface area contributed by atoms with Gasteiger partial charge in [-0.3, -0.25) is 4.79 Å². The first-order valence-electron chi connectivity index (χ1n) is 5.33. The van der Waals surface area contributed by atoms with Gasteiger partial charge in [0.05, 0.1) is 14.2 Å². The number of methoxy groups -OCH3 is 2. The van der Waals surface area contributed by atoms with Crippen LogP contribution in [0.2, 0.25) is 0 Å². The maximum atomic E-state index is 11.8. The van der Waals surface area contributed by atoms with E-state index in [2.05, 4.69) is 0 Å². The second-order valence-electron chi connectivity index (χ2n) is 3.69. The van der Waals surface area contributed by atoms with Gasteiger partial charge in [0.25, 0.3) is 0 Å². The third kappa shape index (κ3) is 3.59. The molecule has 1 aromatic carbocycles. The lowest BCUT2D eigenvalue weighted by molar-refractivity contribution is -0.116. The molecule has 0 amide bonds. The molecule has 0 N–H and O–H groups in total. The summed E-state index contributed by atoms with van der Waals surface area (Å²) in [6.07, 6.45) is 0.498. The van der Waals surface area contributed by atoms with E-state index in [4.69, 9.17) is 9.47 Å². The molecule has 4 nitrogen and oxygen atoms in total. The van der Waals surface area contributed by atoms with Gasteiger partial charge in [0.1, 0.15) is 5.78 Å². The van der Waals surface area contributed by atoms with E-state index >= 15 is 0 Å². The Balaban J connectivity index is 2.84. The zero-order valence-electron chi connectivity index (χ0n) is 10.3. The summed E-state index contributed by atoms with van der Waals surface area (Å²) >= 11 is 0. The smallest absolute Gasteiger partial charge is 0.163 e. The molecule has 0 heterocycles. The molecular formula is C13H16O4. The van der Waals surface area contributed by atoms with Gasteiger partial charge in [-0.05, 0) is 25.1 Å². The molecule has 1 aromatic rings. The van der Waals surface area contributed by atoms with Crippen molar-refractivity contribution >= 4 is 11.6 Å². The molecule has 1 rings (SSSR count). The van der Waals surface area contributed by atoms with Crippen LogP contribution < -0.4 is 9.47 Å². The minimum Gasteiger partial charge on any atom is -0.493 e. The second-order valence-corrected chi connectivity index (χ2v) is 3.69. The maximum Gasteiger partial charge on any atom is 0.163 e. The SMILES string of the molecule is COc1ccc(C(=O)CCC(C)=O)cc1OC. The van der Waals surface area contributed by atoms with E-state index in [1.54, 1.807) is 18.2 Å². The number of ether oxygens (including phenoxy) is 2. The Hall–Kier alpha value is -1.84. The van der Waals surface area contributed by atoms with Crippen molar-refractivity contribution < 1.29 is 19.1 Å². The van der Waals surface area contributed by atoms with Crippen molar-refractivity contribution in [3.05, 3.63) is 23.8 Å². The first-order valence-corrected chi connectivity index (χ1v) is 5.33. The highest BCUT2D eigenvalue weighted by Crippen LogP contribution is 2.28. The molecule has 0 saturated carbocycles. The van der Waals surface area contributed by atoms with Crippen LogP contribution in [0.5, 0.6) is 11.5 Å². The third-order valence-corrected chi connectivity index (χ3v) is 2.41. The third-order valence-electron chi connectivity index (χ3n) is 2.41. The van der Waals surface area contributed by atoms with E-state index in [1.165, 1.54) is 21.1 Å². The second kappa shape index (κ2) is 6.03. The molecule has 0 unspecified atom stereocenters. The Labute approximate surface area is 101 Å². The van der Waals surface area contributed by atoms with Crippen molar-refractivity contribution in [1.29, 1.82) is 0 Å². The van der Waals surface area contributed by atoms with Gasteiger partial charge < -0.3 is 14.3 Å². The minimum atomic E-state index is -0.0684. The summed E-state index contributed by atoms with van der Waals surface area (Å²) in [4.78, 5) is 22.6. The number of Topliss-reactive ketones (excluding diaryl/α,β-unsaturated/α-hetero) is 2. The van der Waals surface area contributed by atoms with Gasteiger partial charge in [0.15, 0.2) is 17.3 Å². The summed E-state index contributed by atoms with van der Waals surface area (Å²) in [6.45, 7) is 1.47. The van der Waals surface area contributed by atoms with Gasteiger partial charge in [-0.25, -0.2) is 0 Å².